The van der Waals surface area contributed by atoms with Crippen molar-refractivity contribution in [1.82, 2.24) is 14.8 Å². The van der Waals surface area contributed by atoms with Crippen LogP contribution in [0.1, 0.15) is 59.5 Å². The van der Waals surface area contributed by atoms with Crippen molar-refractivity contribution >= 4 is 17.4 Å². The number of nitrogens with zero attached hydrogens (tertiary/aromatic N) is 2. The summed E-state index contributed by atoms with van der Waals surface area (Å²) in [5.41, 5.74) is 5.22. The number of carbonyl (C=O) groups is 1. The Hall–Kier alpha value is -2.53. The molecule has 1 aliphatic heterocycles. The van der Waals surface area contributed by atoms with Gasteiger partial charge < -0.3 is 14.8 Å². The van der Waals surface area contributed by atoms with Crippen LogP contribution in [0, 0.1) is 0 Å². The van der Waals surface area contributed by atoms with Gasteiger partial charge in [0.15, 0.2) is 0 Å². The second-order valence-electron chi connectivity index (χ2n) is 7.99. The van der Waals surface area contributed by atoms with Crippen LogP contribution < -0.4 is 5.32 Å². The molecular formula is C24H27N3OS. The van der Waals surface area contributed by atoms with Crippen molar-refractivity contribution in [1.29, 1.82) is 0 Å². The minimum Gasteiger partial charge on any atom is -0.334 e. The first-order valence-electron chi connectivity index (χ1n) is 10.7. The third kappa shape index (κ3) is 3.27. The van der Waals surface area contributed by atoms with E-state index in [0.717, 1.165) is 18.4 Å². The quantitative estimate of drug-likeness (QED) is 0.606. The van der Waals surface area contributed by atoms with Crippen molar-refractivity contribution in [3.8, 4) is 5.00 Å². The van der Waals surface area contributed by atoms with Crippen molar-refractivity contribution in [2.45, 2.75) is 58.2 Å². The molecule has 3 heterocycles. The lowest BCUT2D eigenvalue weighted by Crippen LogP contribution is -2.41. The molecule has 0 saturated carbocycles. The molecule has 5 heteroatoms. The summed E-state index contributed by atoms with van der Waals surface area (Å²) >= 11 is 1.94. The van der Waals surface area contributed by atoms with Crippen molar-refractivity contribution in [2.24, 2.45) is 0 Å². The van der Waals surface area contributed by atoms with E-state index < -0.39 is 0 Å². The van der Waals surface area contributed by atoms with Crippen LogP contribution in [0.25, 0.3) is 5.00 Å². The standard InChI is InChI=1S/C24H27N3OS/c1-2-20-21-12-8-14-26(21)23-19(18-11-6-7-13-22(18)29-23)16-27(20)24(28)25-15-17-9-4-3-5-10-17/h3-5,8-10,12,14,20H,2,6-7,11,13,15-16H2,1H3,(H,25,28). The maximum atomic E-state index is 13.3. The highest BCUT2D eigenvalue weighted by molar-refractivity contribution is 7.15. The first-order valence-corrected chi connectivity index (χ1v) is 11.5. The van der Waals surface area contributed by atoms with Gasteiger partial charge in [-0.05, 0) is 55.4 Å². The van der Waals surface area contributed by atoms with Crippen LogP contribution in [0.5, 0.6) is 0 Å². The van der Waals surface area contributed by atoms with Gasteiger partial charge in [-0.2, -0.15) is 0 Å². The zero-order chi connectivity index (χ0) is 19.8. The number of hydrogen-bond acceptors (Lipinski definition) is 2. The number of aryl methyl sites for hydroxylation is 1. The molecule has 2 aromatic heterocycles. The summed E-state index contributed by atoms with van der Waals surface area (Å²) in [4.78, 5) is 16.9. The van der Waals surface area contributed by atoms with Gasteiger partial charge >= 0.3 is 6.03 Å². The second-order valence-corrected chi connectivity index (χ2v) is 9.08. The van der Waals surface area contributed by atoms with E-state index in [4.69, 9.17) is 0 Å². The second kappa shape index (κ2) is 7.71. The molecule has 4 nitrogen and oxygen atoms in total. The molecule has 3 aromatic rings. The number of benzene rings is 1. The molecule has 150 valence electrons. The highest BCUT2D eigenvalue weighted by Gasteiger charge is 2.34. The highest BCUT2D eigenvalue weighted by atomic mass is 32.1. The number of fused-ring (bicyclic) bond motifs is 5. The average molecular weight is 406 g/mol. The van der Waals surface area contributed by atoms with E-state index in [2.05, 4.69) is 52.2 Å². The molecular weight excluding hydrogens is 378 g/mol. The lowest BCUT2D eigenvalue weighted by molar-refractivity contribution is 0.167. The molecule has 1 N–H and O–H groups in total. The topological polar surface area (TPSA) is 37.3 Å². The number of urea groups is 1. The molecule has 0 spiro atoms. The first kappa shape index (κ1) is 18.5. The molecule has 29 heavy (non-hydrogen) atoms. The maximum Gasteiger partial charge on any atom is 0.318 e. The predicted molar refractivity (Wildman–Crippen MR) is 118 cm³/mol. The van der Waals surface area contributed by atoms with Gasteiger partial charge in [-0.25, -0.2) is 4.79 Å². The van der Waals surface area contributed by atoms with Crippen LogP contribution in [-0.4, -0.2) is 15.5 Å². The van der Waals surface area contributed by atoms with Crippen molar-refractivity contribution in [3.05, 3.63) is 75.9 Å². The van der Waals surface area contributed by atoms with E-state index in [-0.39, 0.29) is 12.1 Å². The lowest BCUT2D eigenvalue weighted by atomic mass is 9.95. The lowest BCUT2D eigenvalue weighted by Gasteiger charge is -2.30. The number of nitrogens with one attached hydrogen (secondary N) is 1. The van der Waals surface area contributed by atoms with Crippen LogP contribution in [0.15, 0.2) is 48.7 Å². The predicted octanol–water partition coefficient (Wildman–Crippen LogP) is 5.59. The summed E-state index contributed by atoms with van der Waals surface area (Å²) in [7, 11) is 0. The van der Waals surface area contributed by atoms with Gasteiger partial charge in [-0.1, -0.05) is 37.3 Å². The van der Waals surface area contributed by atoms with Crippen LogP contribution in [-0.2, 0) is 25.9 Å². The third-order valence-corrected chi connectivity index (χ3v) is 7.57. The Labute approximate surface area is 176 Å². The van der Waals surface area contributed by atoms with Crippen LogP contribution in [0.3, 0.4) is 0 Å². The number of amides is 2. The van der Waals surface area contributed by atoms with Gasteiger partial charge in [0.2, 0.25) is 0 Å². The molecule has 0 saturated heterocycles. The SMILES string of the molecule is CCC1c2cccn2-c2sc3c(c2CN1C(=O)NCc1ccccc1)CCCC3. The van der Waals surface area contributed by atoms with E-state index in [1.807, 2.05) is 29.5 Å². The number of rotatable bonds is 3. The van der Waals surface area contributed by atoms with Crippen LogP contribution in [0.2, 0.25) is 0 Å². The highest BCUT2D eigenvalue weighted by Crippen LogP contribution is 2.42. The fourth-order valence-electron chi connectivity index (χ4n) is 4.78. The molecule has 1 aliphatic carbocycles. The van der Waals surface area contributed by atoms with Crippen LogP contribution >= 0.6 is 11.3 Å². The Bertz CT molecular complexity index is 1020. The minimum atomic E-state index is 0.0251. The zero-order valence-electron chi connectivity index (χ0n) is 16.9. The fraction of sp³-hybridized carbons (Fsp3) is 0.375. The zero-order valence-corrected chi connectivity index (χ0v) is 17.7. The molecule has 1 atom stereocenters. The molecule has 1 aromatic carbocycles. The van der Waals surface area contributed by atoms with Gasteiger partial charge in [-0.15, -0.1) is 11.3 Å². The third-order valence-electron chi connectivity index (χ3n) is 6.24. The van der Waals surface area contributed by atoms with E-state index in [1.54, 1.807) is 0 Å². The van der Waals surface area contributed by atoms with Crippen molar-refractivity contribution < 1.29 is 4.79 Å². The Kier molecular flexibility index (Phi) is 4.92. The van der Waals surface area contributed by atoms with Crippen LogP contribution in [0.4, 0.5) is 4.79 Å². The van der Waals surface area contributed by atoms with E-state index in [1.165, 1.54) is 46.0 Å². The van der Waals surface area contributed by atoms with Gasteiger partial charge in [0.25, 0.3) is 0 Å². The van der Waals surface area contributed by atoms with E-state index >= 15 is 0 Å². The van der Waals surface area contributed by atoms with Gasteiger partial charge in [0.1, 0.15) is 5.00 Å². The summed E-state index contributed by atoms with van der Waals surface area (Å²) in [5.74, 6) is 0. The Morgan fingerprint density at radius 2 is 1.93 bits per heavy atom. The smallest absolute Gasteiger partial charge is 0.318 e. The summed E-state index contributed by atoms with van der Waals surface area (Å²) in [6.07, 6.45) is 7.94. The Morgan fingerprint density at radius 1 is 1.10 bits per heavy atom. The van der Waals surface area contributed by atoms with Crippen molar-refractivity contribution in [2.75, 3.05) is 0 Å². The largest absolute Gasteiger partial charge is 0.334 e. The van der Waals surface area contributed by atoms with E-state index in [0.29, 0.717) is 13.1 Å². The number of hydrogen-bond donors (Lipinski definition) is 1. The first-order chi connectivity index (χ1) is 14.3. The fourth-order valence-corrected chi connectivity index (χ4v) is 6.19. The monoisotopic (exact) mass is 405 g/mol. The average Bonchev–Trinajstić information content (AvgIpc) is 3.35. The number of aromatic nitrogens is 1. The molecule has 0 fully saturated rings. The molecule has 1 unspecified atom stereocenters. The summed E-state index contributed by atoms with van der Waals surface area (Å²) in [5, 5.41) is 4.50. The summed E-state index contributed by atoms with van der Waals surface area (Å²) in [6.45, 7) is 3.43. The summed E-state index contributed by atoms with van der Waals surface area (Å²) < 4.78 is 2.34. The molecule has 0 bridgehead atoms. The van der Waals surface area contributed by atoms with Gasteiger partial charge in [0, 0.05) is 28.9 Å². The van der Waals surface area contributed by atoms with Gasteiger partial charge in [-0.3, -0.25) is 0 Å². The Morgan fingerprint density at radius 3 is 2.76 bits per heavy atom. The van der Waals surface area contributed by atoms with Gasteiger partial charge in [0.05, 0.1) is 12.6 Å². The summed E-state index contributed by atoms with van der Waals surface area (Å²) in [6, 6.07) is 14.5. The number of thiophene rings is 1. The molecule has 5 rings (SSSR count). The normalized spacial score (nSPS) is 17.8. The van der Waals surface area contributed by atoms with Crippen molar-refractivity contribution in [3.63, 3.8) is 0 Å². The molecule has 2 aliphatic rings. The van der Waals surface area contributed by atoms with E-state index in [9.17, 15) is 4.79 Å². The minimum absolute atomic E-state index is 0.0251. The Balaban J connectivity index is 1.50. The maximum absolute atomic E-state index is 13.3. The number of carbonyl (C=O) groups excluding carboxylic acids is 1. The molecule has 2 amide bonds. The molecule has 0 radical (unpaired) electrons.